The van der Waals surface area contributed by atoms with E-state index < -0.39 is 12.1 Å². The van der Waals surface area contributed by atoms with Crippen molar-refractivity contribution in [3.63, 3.8) is 0 Å². The van der Waals surface area contributed by atoms with Crippen molar-refractivity contribution in [3.8, 4) is 0 Å². The Morgan fingerprint density at radius 1 is 0.482 bits per heavy atom. The first-order chi connectivity index (χ1) is 27.5. The Balaban J connectivity index is 3.54. The van der Waals surface area contributed by atoms with Gasteiger partial charge in [0.15, 0.2) is 0 Å². The lowest BCUT2D eigenvalue weighted by atomic mass is 10.0. The Labute approximate surface area is 348 Å². The lowest BCUT2D eigenvalue weighted by molar-refractivity contribution is -0.143. The number of nitrogens with one attached hydrogen (secondary N) is 1. The molecule has 0 rings (SSSR count). The maximum absolute atomic E-state index is 12.4. The van der Waals surface area contributed by atoms with Crippen LogP contribution >= 0.6 is 0 Å². The molecule has 56 heavy (non-hydrogen) atoms. The van der Waals surface area contributed by atoms with Crippen LogP contribution in [0.4, 0.5) is 0 Å². The summed E-state index contributed by atoms with van der Waals surface area (Å²) in [5.41, 5.74) is 0. The van der Waals surface area contributed by atoms with Crippen molar-refractivity contribution in [2.24, 2.45) is 0 Å². The highest BCUT2D eigenvalue weighted by molar-refractivity contribution is 5.76. The summed E-state index contributed by atoms with van der Waals surface area (Å²) in [4.78, 5) is 24.4. The van der Waals surface area contributed by atoms with E-state index in [-0.39, 0.29) is 18.5 Å². The molecule has 0 bridgehead atoms. The fourth-order valence-corrected chi connectivity index (χ4v) is 7.39. The van der Waals surface area contributed by atoms with Gasteiger partial charge in [0.2, 0.25) is 5.91 Å². The number of amides is 1. The van der Waals surface area contributed by atoms with Crippen LogP contribution in [0.3, 0.4) is 0 Å². The van der Waals surface area contributed by atoms with Crippen LogP contribution in [-0.2, 0) is 14.3 Å². The van der Waals surface area contributed by atoms with Gasteiger partial charge in [0.05, 0.1) is 25.4 Å². The van der Waals surface area contributed by atoms with E-state index >= 15 is 0 Å². The summed E-state index contributed by atoms with van der Waals surface area (Å²) in [7, 11) is 0. The fraction of sp³-hybridized carbons (Fsp3) is 0.880. The first kappa shape index (κ1) is 54.3. The molecule has 0 heterocycles. The first-order valence-corrected chi connectivity index (χ1v) is 24.6. The lowest BCUT2D eigenvalue weighted by Gasteiger charge is -2.20. The molecule has 0 spiro atoms. The number of unbranched alkanes of at least 4 members (excludes halogenated alkanes) is 32. The van der Waals surface area contributed by atoms with Crippen LogP contribution in [0.25, 0.3) is 0 Å². The second-order valence-electron chi connectivity index (χ2n) is 16.8. The maximum Gasteiger partial charge on any atom is 0.305 e. The molecule has 2 atom stereocenters. The van der Waals surface area contributed by atoms with Gasteiger partial charge in [-0.1, -0.05) is 212 Å². The number of esters is 1. The highest BCUT2D eigenvalue weighted by atomic mass is 16.5. The van der Waals surface area contributed by atoms with Crippen molar-refractivity contribution in [2.75, 3.05) is 13.2 Å². The summed E-state index contributed by atoms with van der Waals surface area (Å²) >= 11 is 0. The van der Waals surface area contributed by atoms with E-state index in [1.54, 1.807) is 6.08 Å². The van der Waals surface area contributed by atoms with Gasteiger partial charge in [-0.3, -0.25) is 9.59 Å². The normalized spacial score (nSPS) is 12.9. The third-order valence-electron chi connectivity index (χ3n) is 11.2. The number of ether oxygens (including phenoxy) is 1. The van der Waals surface area contributed by atoms with Crippen LogP contribution < -0.4 is 5.32 Å². The second-order valence-corrected chi connectivity index (χ2v) is 16.8. The maximum atomic E-state index is 12.4. The van der Waals surface area contributed by atoms with E-state index in [2.05, 4.69) is 31.3 Å². The van der Waals surface area contributed by atoms with Crippen molar-refractivity contribution in [1.82, 2.24) is 5.32 Å². The number of aliphatic hydroxyl groups excluding tert-OH is 2. The third kappa shape index (κ3) is 42.0. The van der Waals surface area contributed by atoms with E-state index in [4.69, 9.17) is 4.74 Å². The smallest absolute Gasteiger partial charge is 0.305 e. The van der Waals surface area contributed by atoms with Crippen LogP contribution in [0, 0.1) is 0 Å². The highest BCUT2D eigenvalue weighted by Gasteiger charge is 2.18. The standard InChI is InChI=1S/C50H95NO5/c1-3-5-7-9-11-13-15-17-18-19-20-21-22-26-30-34-38-42-48(53)47(46-52)51-49(54)43-39-35-31-27-24-25-29-33-37-41-45-56-50(55)44-40-36-32-28-23-16-14-12-10-8-6-4-2/h12,14,38,42,47-48,52-53H,3-11,13,15-37,39-41,43-46H2,1-2H3,(H,51,54)/b14-12-,42-38+. The molecule has 0 fully saturated rings. The van der Waals surface area contributed by atoms with E-state index in [1.165, 1.54) is 173 Å². The predicted molar refractivity (Wildman–Crippen MR) is 241 cm³/mol. The topological polar surface area (TPSA) is 95.9 Å². The van der Waals surface area contributed by atoms with Gasteiger partial charge >= 0.3 is 5.97 Å². The van der Waals surface area contributed by atoms with Gasteiger partial charge < -0.3 is 20.3 Å². The van der Waals surface area contributed by atoms with Crippen molar-refractivity contribution in [2.45, 2.75) is 270 Å². The molecule has 0 aromatic carbocycles. The lowest BCUT2D eigenvalue weighted by Crippen LogP contribution is -2.45. The van der Waals surface area contributed by atoms with E-state index in [0.717, 1.165) is 57.8 Å². The molecular formula is C50H95NO5. The van der Waals surface area contributed by atoms with Crippen LogP contribution in [-0.4, -0.2) is 47.4 Å². The number of allylic oxidation sites excluding steroid dienone is 3. The summed E-state index contributed by atoms with van der Waals surface area (Å²) in [5, 5.41) is 23.0. The predicted octanol–water partition coefficient (Wildman–Crippen LogP) is 14.3. The molecule has 6 heteroatoms. The van der Waals surface area contributed by atoms with Crippen molar-refractivity contribution < 1.29 is 24.5 Å². The molecule has 6 nitrogen and oxygen atoms in total. The first-order valence-electron chi connectivity index (χ1n) is 24.6. The number of carbonyl (C=O) groups excluding carboxylic acids is 2. The minimum atomic E-state index is -0.859. The molecule has 0 saturated carbocycles. The number of rotatable bonds is 45. The van der Waals surface area contributed by atoms with Crippen LogP contribution in [0.5, 0.6) is 0 Å². The van der Waals surface area contributed by atoms with Crippen LogP contribution in [0.1, 0.15) is 258 Å². The highest BCUT2D eigenvalue weighted by Crippen LogP contribution is 2.15. The van der Waals surface area contributed by atoms with E-state index in [9.17, 15) is 19.8 Å². The van der Waals surface area contributed by atoms with Gasteiger partial charge in [-0.05, 0) is 57.8 Å². The molecule has 0 aliphatic heterocycles. The zero-order valence-electron chi connectivity index (χ0n) is 37.4. The van der Waals surface area contributed by atoms with Gasteiger partial charge in [-0.2, -0.15) is 0 Å². The zero-order chi connectivity index (χ0) is 40.8. The van der Waals surface area contributed by atoms with Gasteiger partial charge in [0, 0.05) is 12.8 Å². The Hall–Kier alpha value is -1.66. The van der Waals surface area contributed by atoms with E-state index in [0.29, 0.717) is 19.4 Å². The molecular weight excluding hydrogens is 695 g/mol. The van der Waals surface area contributed by atoms with Gasteiger partial charge in [0.1, 0.15) is 0 Å². The average Bonchev–Trinajstić information content (AvgIpc) is 3.20. The third-order valence-corrected chi connectivity index (χ3v) is 11.2. The molecule has 0 aromatic rings. The molecule has 0 radical (unpaired) electrons. The van der Waals surface area contributed by atoms with Crippen LogP contribution in [0.15, 0.2) is 24.3 Å². The minimum Gasteiger partial charge on any atom is -0.466 e. The van der Waals surface area contributed by atoms with Gasteiger partial charge in [-0.25, -0.2) is 0 Å². The molecule has 3 N–H and O–H groups in total. The number of aliphatic hydroxyl groups is 2. The quantitative estimate of drug-likeness (QED) is 0.0324. The SMILES string of the molecule is CCCCC/C=C\CCCCCCCC(=O)OCCCCCCCCCCCCC(=O)NC(CO)C(O)/C=C/CCCCCCCCCCCCCCCCC. The minimum absolute atomic E-state index is 0.0312. The van der Waals surface area contributed by atoms with E-state index in [1.807, 2.05) is 6.08 Å². The van der Waals surface area contributed by atoms with Crippen molar-refractivity contribution >= 4 is 11.9 Å². The number of hydrogen-bond acceptors (Lipinski definition) is 5. The molecule has 2 unspecified atom stereocenters. The Morgan fingerprint density at radius 2 is 0.839 bits per heavy atom. The molecule has 0 aromatic heterocycles. The Kier molecular flexibility index (Phi) is 44.7. The van der Waals surface area contributed by atoms with Crippen molar-refractivity contribution in [3.05, 3.63) is 24.3 Å². The zero-order valence-corrected chi connectivity index (χ0v) is 37.4. The fourth-order valence-electron chi connectivity index (χ4n) is 7.39. The molecule has 0 aliphatic carbocycles. The Bertz CT molecular complexity index is 874. The number of hydrogen-bond donors (Lipinski definition) is 3. The summed E-state index contributed by atoms with van der Waals surface area (Å²) in [6.07, 6.45) is 53.1. The molecule has 0 saturated heterocycles. The molecule has 330 valence electrons. The Morgan fingerprint density at radius 3 is 1.30 bits per heavy atom. The number of carbonyl (C=O) groups is 2. The van der Waals surface area contributed by atoms with Gasteiger partial charge in [0.25, 0.3) is 0 Å². The second kappa shape index (κ2) is 46.0. The summed E-state index contributed by atoms with van der Waals surface area (Å²) in [6, 6.07) is -0.644. The largest absolute Gasteiger partial charge is 0.466 e. The summed E-state index contributed by atoms with van der Waals surface area (Å²) < 4.78 is 5.43. The van der Waals surface area contributed by atoms with Crippen molar-refractivity contribution in [1.29, 1.82) is 0 Å². The average molecular weight is 790 g/mol. The summed E-state index contributed by atoms with van der Waals surface area (Å²) in [6.45, 7) is 4.82. The molecule has 0 aliphatic rings. The summed E-state index contributed by atoms with van der Waals surface area (Å²) in [5.74, 6) is -0.122. The van der Waals surface area contributed by atoms with Gasteiger partial charge in [-0.15, -0.1) is 0 Å². The van der Waals surface area contributed by atoms with Crippen LogP contribution in [0.2, 0.25) is 0 Å². The monoisotopic (exact) mass is 790 g/mol. The molecule has 1 amide bonds.